The predicted molar refractivity (Wildman–Crippen MR) is 79.1 cm³/mol. The highest BCUT2D eigenvalue weighted by atomic mass is 15.2. The third-order valence-electron chi connectivity index (χ3n) is 3.33. The largest absolute Gasteiger partial charge is 0.310 e. The minimum absolute atomic E-state index is 0.344. The second kappa shape index (κ2) is 6.53. The molecule has 0 aliphatic heterocycles. The van der Waals surface area contributed by atoms with Gasteiger partial charge in [0.15, 0.2) is 0 Å². The van der Waals surface area contributed by atoms with E-state index in [0.717, 1.165) is 19.4 Å². The van der Waals surface area contributed by atoms with E-state index in [-0.39, 0.29) is 0 Å². The molecule has 2 rings (SSSR count). The van der Waals surface area contributed by atoms with Gasteiger partial charge in [0.05, 0.1) is 6.20 Å². The maximum Gasteiger partial charge on any atom is 0.0537 e. The van der Waals surface area contributed by atoms with Crippen LogP contribution in [0.4, 0.5) is 0 Å². The first kappa shape index (κ1) is 13.8. The maximum absolute atomic E-state index is 4.28. The lowest BCUT2D eigenvalue weighted by Crippen LogP contribution is -2.23. The molecule has 0 bridgehead atoms. The third-order valence-corrected chi connectivity index (χ3v) is 3.33. The van der Waals surface area contributed by atoms with Crippen molar-refractivity contribution in [2.45, 2.75) is 32.7 Å². The molecule has 0 amide bonds. The lowest BCUT2D eigenvalue weighted by atomic mass is 10.0. The van der Waals surface area contributed by atoms with Crippen molar-refractivity contribution in [3.05, 3.63) is 53.3 Å². The Bertz CT molecular complexity index is 499. The molecule has 0 saturated carbocycles. The Balaban J connectivity index is 2.11. The van der Waals surface area contributed by atoms with Gasteiger partial charge in [-0.1, -0.05) is 36.8 Å². The highest BCUT2D eigenvalue weighted by Crippen LogP contribution is 2.18. The molecule has 1 aromatic carbocycles. The summed E-state index contributed by atoms with van der Waals surface area (Å²) < 4.78 is 1.87. The summed E-state index contributed by atoms with van der Waals surface area (Å²) >= 11 is 0. The molecule has 102 valence electrons. The van der Waals surface area contributed by atoms with Crippen molar-refractivity contribution < 1.29 is 0 Å². The van der Waals surface area contributed by atoms with Crippen LogP contribution in [-0.2, 0) is 13.5 Å². The van der Waals surface area contributed by atoms with Crippen molar-refractivity contribution in [2.24, 2.45) is 7.05 Å². The molecule has 0 aliphatic rings. The van der Waals surface area contributed by atoms with Crippen molar-refractivity contribution in [2.75, 3.05) is 6.54 Å². The highest BCUT2D eigenvalue weighted by molar-refractivity contribution is 5.24. The Morgan fingerprint density at radius 3 is 2.58 bits per heavy atom. The monoisotopic (exact) mass is 257 g/mol. The van der Waals surface area contributed by atoms with Crippen molar-refractivity contribution in [1.82, 2.24) is 15.1 Å². The van der Waals surface area contributed by atoms with Crippen LogP contribution in [0.1, 0.15) is 36.1 Å². The van der Waals surface area contributed by atoms with Crippen LogP contribution in [0.3, 0.4) is 0 Å². The Hall–Kier alpha value is -1.61. The van der Waals surface area contributed by atoms with E-state index >= 15 is 0 Å². The van der Waals surface area contributed by atoms with Crippen LogP contribution >= 0.6 is 0 Å². The molecule has 2 aromatic rings. The summed E-state index contributed by atoms with van der Waals surface area (Å²) in [4.78, 5) is 0. The van der Waals surface area contributed by atoms with Gasteiger partial charge in [0.25, 0.3) is 0 Å². The van der Waals surface area contributed by atoms with E-state index in [0.29, 0.717) is 6.04 Å². The molecule has 0 fully saturated rings. The minimum Gasteiger partial charge on any atom is -0.310 e. The zero-order valence-corrected chi connectivity index (χ0v) is 12.1. The van der Waals surface area contributed by atoms with E-state index < -0.39 is 0 Å². The van der Waals surface area contributed by atoms with Gasteiger partial charge >= 0.3 is 0 Å². The topological polar surface area (TPSA) is 29.9 Å². The number of hydrogen-bond acceptors (Lipinski definition) is 2. The number of aryl methyl sites for hydroxylation is 2. The molecule has 1 unspecified atom stereocenters. The number of nitrogens with one attached hydrogen (secondary N) is 1. The first-order valence-electron chi connectivity index (χ1n) is 6.96. The number of rotatable bonds is 6. The zero-order chi connectivity index (χ0) is 13.7. The summed E-state index contributed by atoms with van der Waals surface area (Å²) in [7, 11) is 1.96. The molecule has 0 spiro atoms. The molecule has 1 aromatic heterocycles. The molecular formula is C16H23N3. The van der Waals surface area contributed by atoms with Crippen LogP contribution in [0, 0.1) is 6.92 Å². The van der Waals surface area contributed by atoms with E-state index in [2.05, 4.69) is 54.7 Å². The van der Waals surface area contributed by atoms with E-state index in [1.807, 2.05) is 17.9 Å². The zero-order valence-electron chi connectivity index (χ0n) is 12.1. The third kappa shape index (κ3) is 3.93. The van der Waals surface area contributed by atoms with Crippen molar-refractivity contribution >= 4 is 0 Å². The van der Waals surface area contributed by atoms with Crippen LogP contribution in [0.5, 0.6) is 0 Å². The van der Waals surface area contributed by atoms with Crippen molar-refractivity contribution in [3.63, 3.8) is 0 Å². The Kier molecular flexibility index (Phi) is 4.74. The SMILES string of the molecule is CCCNC(Cc1ccc(C)cc1)c1cnn(C)c1. The molecule has 1 heterocycles. The van der Waals surface area contributed by atoms with E-state index in [1.54, 1.807) is 0 Å². The van der Waals surface area contributed by atoms with E-state index in [1.165, 1.54) is 16.7 Å². The van der Waals surface area contributed by atoms with Crippen LogP contribution < -0.4 is 5.32 Å². The Morgan fingerprint density at radius 1 is 1.26 bits per heavy atom. The van der Waals surface area contributed by atoms with Gasteiger partial charge < -0.3 is 5.32 Å². The summed E-state index contributed by atoms with van der Waals surface area (Å²) in [5, 5.41) is 7.89. The highest BCUT2D eigenvalue weighted by Gasteiger charge is 2.13. The molecule has 19 heavy (non-hydrogen) atoms. The second-order valence-corrected chi connectivity index (χ2v) is 5.14. The number of aromatic nitrogens is 2. The first-order valence-corrected chi connectivity index (χ1v) is 6.96. The van der Waals surface area contributed by atoms with Gasteiger partial charge in [0, 0.05) is 24.8 Å². The average molecular weight is 257 g/mol. The predicted octanol–water partition coefficient (Wildman–Crippen LogP) is 3.01. The van der Waals surface area contributed by atoms with Gasteiger partial charge in [-0.15, -0.1) is 0 Å². The molecule has 3 nitrogen and oxygen atoms in total. The summed E-state index contributed by atoms with van der Waals surface area (Å²) in [6.07, 6.45) is 6.21. The van der Waals surface area contributed by atoms with E-state index in [4.69, 9.17) is 0 Å². The number of nitrogens with zero attached hydrogens (tertiary/aromatic N) is 2. The smallest absolute Gasteiger partial charge is 0.0537 e. The van der Waals surface area contributed by atoms with Gasteiger partial charge in [-0.05, 0) is 31.9 Å². The van der Waals surface area contributed by atoms with Crippen LogP contribution in [0.2, 0.25) is 0 Å². The average Bonchev–Trinajstić information content (AvgIpc) is 2.83. The molecule has 0 radical (unpaired) electrons. The fourth-order valence-electron chi connectivity index (χ4n) is 2.21. The summed E-state index contributed by atoms with van der Waals surface area (Å²) in [6.45, 7) is 5.35. The number of benzene rings is 1. The van der Waals surface area contributed by atoms with Gasteiger partial charge in [-0.3, -0.25) is 4.68 Å². The standard InChI is InChI=1S/C16H23N3/c1-4-9-17-16(15-11-18-19(3)12-15)10-14-7-5-13(2)6-8-14/h5-8,11-12,16-17H,4,9-10H2,1-3H3. The normalized spacial score (nSPS) is 12.6. The van der Waals surface area contributed by atoms with Crippen LogP contribution in [-0.4, -0.2) is 16.3 Å². The Morgan fingerprint density at radius 2 is 2.00 bits per heavy atom. The molecule has 1 atom stereocenters. The minimum atomic E-state index is 0.344. The van der Waals surface area contributed by atoms with Gasteiger partial charge in [-0.25, -0.2) is 0 Å². The molecule has 3 heteroatoms. The van der Waals surface area contributed by atoms with Gasteiger partial charge in [0.1, 0.15) is 0 Å². The number of hydrogen-bond donors (Lipinski definition) is 1. The van der Waals surface area contributed by atoms with Gasteiger partial charge in [0.2, 0.25) is 0 Å². The van der Waals surface area contributed by atoms with Crippen molar-refractivity contribution in [3.8, 4) is 0 Å². The lowest BCUT2D eigenvalue weighted by molar-refractivity contribution is 0.529. The first-order chi connectivity index (χ1) is 9.19. The molecule has 0 aliphatic carbocycles. The van der Waals surface area contributed by atoms with E-state index in [9.17, 15) is 0 Å². The summed E-state index contributed by atoms with van der Waals surface area (Å²) in [6, 6.07) is 9.13. The maximum atomic E-state index is 4.28. The quantitative estimate of drug-likeness (QED) is 0.862. The summed E-state index contributed by atoms with van der Waals surface area (Å²) in [5.74, 6) is 0. The molecule has 1 N–H and O–H groups in total. The Labute approximate surface area is 115 Å². The van der Waals surface area contributed by atoms with Gasteiger partial charge in [-0.2, -0.15) is 5.10 Å². The van der Waals surface area contributed by atoms with Crippen LogP contribution in [0.15, 0.2) is 36.7 Å². The second-order valence-electron chi connectivity index (χ2n) is 5.14. The summed E-state index contributed by atoms with van der Waals surface area (Å²) in [5.41, 5.74) is 3.93. The molecular weight excluding hydrogens is 234 g/mol. The fourth-order valence-corrected chi connectivity index (χ4v) is 2.21. The fraction of sp³-hybridized carbons (Fsp3) is 0.438. The van der Waals surface area contributed by atoms with Crippen molar-refractivity contribution in [1.29, 1.82) is 0 Å². The molecule has 0 saturated heterocycles. The van der Waals surface area contributed by atoms with Crippen LogP contribution in [0.25, 0.3) is 0 Å². The lowest BCUT2D eigenvalue weighted by Gasteiger charge is -2.17.